The third-order valence-corrected chi connectivity index (χ3v) is 3.79. The molecule has 7 heteroatoms. The van der Waals surface area contributed by atoms with Gasteiger partial charge in [-0.1, -0.05) is 6.07 Å². The summed E-state index contributed by atoms with van der Waals surface area (Å²) in [5.74, 6) is -1.21. The molecule has 1 aromatic rings. The Morgan fingerprint density at radius 1 is 1.63 bits per heavy atom. The van der Waals surface area contributed by atoms with Crippen LogP contribution in [0.25, 0.3) is 0 Å². The van der Waals surface area contributed by atoms with Crippen LogP contribution in [0.15, 0.2) is 17.5 Å². The second-order valence-electron chi connectivity index (χ2n) is 4.24. The van der Waals surface area contributed by atoms with Crippen LogP contribution in [0.2, 0.25) is 0 Å². The van der Waals surface area contributed by atoms with Crippen LogP contribution in [0.1, 0.15) is 17.3 Å². The molecule has 6 nitrogen and oxygen atoms in total. The van der Waals surface area contributed by atoms with Gasteiger partial charge < -0.3 is 20.5 Å². The van der Waals surface area contributed by atoms with Gasteiger partial charge in [-0.3, -0.25) is 9.59 Å². The van der Waals surface area contributed by atoms with E-state index in [1.165, 1.54) is 11.3 Å². The van der Waals surface area contributed by atoms with Crippen molar-refractivity contribution in [2.75, 3.05) is 19.7 Å². The Hall–Kier alpha value is -1.44. The first kappa shape index (κ1) is 14.0. The summed E-state index contributed by atoms with van der Waals surface area (Å²) in [5, 5.41) is 16.6. The highest BCUT2D eigenvalue weighted by molar-refractivity contribution is 7.10. The van der Waals surface area contributed by atoms with Crippen molar-refractivity contribution in [3.05, 3.63) is 22.4 Å². The maximum atomic E-state index is 12.0. The van der Waals surface area contributed by atoms with Crippen LogP contribution < -0.4 is 10.6 Å². The fraction of sp³-hybridized carbons (Fsp3) is 0.500. The van der Waals surface area contributed by atoms with Crippen molar-refractivity contribution < 1.29 is 19.4 Å². The van der Waals surface area contributed by atoms with Crippen molar-refractivity contribution >= 4 is 23.2 Å². The molecule has 19 heavy (non-hydrogen) atoms. The predicted molar refractivity (Wildman–Crippen MR) is 70.1 cm³/mol. The number of carbonyl (C=O) groups excluding carboxylic acids is 1. The first-order valence-corrected chi connectivity index (χ1v) is 6.92. The minimum Gasteiger partial charge on any atom is -0.481 e. The van der Waals surface area contributed by atoms with Crippen molar-refractivity contribution in [1.82, 2.24) is 10.6 Å². The largest absolute Gasteiger partial charge is 0.481 e. The molecule has 1 aliphatic heterocycles. The number of rotatable bonds is 5. The molecule has 1 aliphatic rings. The summed E-state index contributed by atoms with van der Waals surface area (Å²) in [7, 11) is 0. The van der Waals surface area contributed by atoms with E-state index in [-0.39, 0.29) is 12.3 Å². The molecule has 1 amide bonds. The molecule has 0 radical (unpaired) electrons. The van der Waals surface area contributed by atoms with Gasteiger partial charge in [0.15, 0.2) is 0 Å². The molecule has 2 heterocycles. The standard InChI is InChI=1S/C12H16N2O4S/c15-11(16)6-8(10-2-1-5-19-10)14-12(17)9-7-13-3-4-18-9/h1-2,5,8-9,13H,3-4,6-7H2,(H,14,17)(H,15,16). The lowest BCUT2D eigenvalue weighted by atomic mass is 10.1. The van der Waals surface area contributed by atoms with E-state index >= 15 is 0 Å². The van der Waals surface area contributed by atoms with Gasteiger partial charge in [-0.2, -0.15) is 0 Å². The van der Waals surface area contributed by atoms with Crippen LogP contribution in [-0.4, -0.2) is 42.8 Å². The number of amides is 1. The van der Waals surface area contributed by atoms with Crippen LogP contribution in [-0.2, 0) is 14.3 Å². The highest BCUT2D eigenvalue weighted by Gasteiger charge is 2.26. The molecular weight excluding hydrogens is 268 g/mol. The molecule has 2 unspecified atom stereocenters. The number of carbonyl (C=O) groups is 2. The van der Waals surface area contributed by atoms with Gasteiger partial charge in [-0.15, -0.1) is 11.3 Å². The van der Waals surface area contributed by atoms with Crippen molar-refractivity contribution in [3.63, 3.8) is 0 Å². The normalized spacial score (nSPS) is 20.7. The van der Waals surface area contributed by atoms with Crippen LogP contribution in [0.5, 0.6) is 0 Å². The molecule has 0 aliphatic carbocycles. The highest BCUT2D eigenvalue weighted by Crippen LogP contribution is 2.22. The van der Waals surface area contributed by atoms with Gasteiger partial charge in [-0.25, -0.2) is 0 Å². The topological polar surface area (TPSA) is 87.7 Å². The Balaban J connectivity index is 1.99. The molecule has 1 aromatic heterocycles. The summed E-state index contributed by atoms with van der Waals surface area (Å²) >= 11 is 1.43. The van der Waals surface area contributed by atoms with E-state index in [9.17, 15) is 9.59 Å². The van der Waals surface area contributed by atoms with E-state index in [1.807, 2.05) is 17.5 Å². The Morgan fingerprint density at radius 2 is 2.47 bits per heavy atom. The van der Waals surface area contributed by atoms with E-state index in [1.54, 1.807) is 0 Å². The summed E-state index contributed by atoms with van der Waals surface area (Å²) in [5.41, 5.74) is 0. The monoisotopic (exact) mass is 284 g/mol. The van der Waals surface area contributed by atoms with Gasteiger partial charge >= 0.3 is 5.97 Å². The summed E-state index contributed by atoms with van der Waals surface area (Å²) in [6, 6.07) is 3.15. The molecule has 1 fully saturated rings. The Morgan fingerprint density at radius 3 is 3.05 bits per heavy atom. The van der Waals surface area contributed by atoms with Gasteiger partial charge in [0.25, 0.3) is 5.91 Å². The minimum atomic E-state index is -0.943. The molecule has 3 N–H and O–H groups in total. The van der Waals surface area contributed by atoms with E-state index < -0.39 is 18.1 Å². The summed E-state index contributed by atoms with van der Waals surface area (Å²) < 4.78 is 5.34. The van der Waals surface area contributed by atoms with Crippen molar-refractivity contribution in [1.29, 1.82) is 0 Å². The lowest BCUT2D eigenvalue weighted by Crippen LogP contribution is -2.48. The summed E-state index contributed by atoms with van der Waals surface area (Å²) in [6.45, 7) is 1.67. The molecule has 0 bridgehead atoms. The molecule has 0 saturated carbocycles. The molecule has 2 rings (SSSR count). The first-order valence-electron chi connectivity index (χ1n) is 6.04. The number of aliphatic carboxylic acids is 1. The quantitative estimate of drug-likeness (QED) is 0.727. The number of thiophene rings is 1. The molecule has 104 valence electrons. The van der Waals surface area contributed by atoms with Gasteiger partial charge in [0, 0.05) is 18.0 Å². The third kappa shape index (κ3) is 4.02. The predicted octanol–water partition coefficient (Wildman–Crippen LogP) is 0.369. The Labute approximate surface area is 114 Å². The fourth-order valence-electron chi connectivity index (χ4n) is 1.89. The number of nitrogens with one attached hydrogen (secondary N) is 2. The maximum absolute atomic E-state index is 12.0. The smallest absolute Gasteiger partial charge is 0.305 e. The zero-order valence-corrected chi connectivity index (χ0v) is 11.1. The van der Waals surface area contributed by atoms with Crippen molar-refractivity contribution in [2.45, 2.75) is 18.6 Å². The van der Waals surface area contributed by atoms with Gasteiger partial charge in [0.1, 0.15) is 6.10 Å². The Kier molecular flexibility index (Phi) is 4.89. The van der Waals surface area contributed by atoms with Crippen molar-refractivity contribution in [3.8, 4) is 0 Å². The zero-order chi connectivity index (χ0) is 13.7. The van der Waals surface area contributed by atoms with Gasteiger partial charge in [0.2, 0.25) is 0 Å². The van der Waals surface area contributed by atoms with E-state index in [2.05, 4.69) is 10.6 Å². The van der Waals surface area contributed by atoms with Crippen LogP contribution in [0.3, 0.4) is 0 Å². The molecule has 0 aromatic carbocycles. The number of carboxylic acid groups (broad SMARTS) is 1. The first-order chi connectivity index (χ1) is 9.16. The number of morpholine rings is 1. The van der Waals surface area contributed by atoms with Gasteiger partial charge in [-0.05, 0) is 11.4 Å². The zero-order valence-electron chi connectivity index (χ0n) is 10.3. The van der Waals surface area contributed by atoms with Crippen LogP contribution in [0, 0.1) is 0 Å². The lowest BCUT2D eigenvalue weighted by Gasteiger charge is -2.25. The second-order valence-corrected chi connectivity index (χ2v) is 5.22. The van der Waals surface area contributed by atoms with Crippen LogP contribution >= 0.6 is 11.3 Å². The number of ether oxygens (including phenoxy) is 1. The number of hydrogen-bond acceptors (Lipinski definition) is 5. The lowest BCUT2D eigenvalue weighted by molar-refractivity contribution is -0.139. The highest BCUT2D eigenvalue weighted by atomic mass is 32.1. The Bertz CT molecular complexity index is 429. The summed E-state index contributed by atoms with van der Waals surface area (Å²) in [4.78, 5) is 23.7. The fourth-order valence-corrected chi connectivity index (χ4v) is 2.66. The van der Waals surface area contributed by atoms with E-state index in [0.29, 0.717) is 13.2 Å². The molecule has 1 saturated heterocycles. The third-order valence-electron chi connectivity index (χ3n) is 2.80. The maximum Gasteiger partial charge on any atom is 0.305 e. The van der Waals surface area contributed by atoms with Crippen molar-refractivity contribution in [2.24, 2.45) is 0 Å². The SMILES string of the molecule is O=C(O)CC(NC(=O)C1CNCCO1)c1cccs1. The average Bonchev–Trinajstić information content (AvgIpc) is 2.92. The number of carboxylic acids is 1. The van der Waals surface area contributed by atoms with E-state index in [4.69, 9.17) is 9.84 Å². The van der Waals surface area contributed by atoms with Crippen LogP contribution in [0.4, 0.5) is 0 Å². The summed E-state index contributed by atoms with van der Waals surface area (Å²) in [6.07, 6.45) is -0.683. The minimum absolute atomic E-state index is 0.133. The second kappa shape index (κ2) is 6.65. The van der Waals surface area contributed by atoms with Gasteiger partial charge in [0.05, 0.1) is 19.1 Å². The number of hydrogen-bond donors (Lipinski definition) is 3. The average molecular weight is 284 g/mol. The van der Waals surface area contributed by atoms with E-state index in [0.717, 1.165) is 11.4 Å². The molecule has 2 atom stereocenters. The molecule has 0 spiro atoms. The molecular formula is C12H16N2O4S.